The zero-order valence-electron chi connectivity index (χ0n) is 6.65. The van der Waals surface area contributed by atoms with Crippen molar-refractivity contribution in [2.75, 3.05) is 4.43 Å². The van der Waals surface area contributed by atoms with Gasteiger partial charge in [-0.1, -0.05) is 29.5 Å². The van der Waals surface area contributed by atoms with Gasteiger partial charge in [0.2, 0.25) is 5.91 Å². The van der Waals surface area contributed by atoms with Gasteiger partial charge in [0.15, 0.2) is 0 Å². The van der Waals surface area contributed by atoms with Gasteiger partial charge in [-0.2, -0.15) is 0 Å². The molecule has 0 aromatic heterocycles. The van der Waals surface area contributed by atoms with Crippen molar-refractivity contribution in [2.45, 2.75) is 26.8 Å². The number of halogens is 1. The molecular formula is C7H14INO. The average Bonchev–Trinajstić information content (AvgIpc) is 1.85. The molecule has 0 spiro atoms. The Morgan fingerprint density at radius 1 is 1.50 bits per heavy atom. The fourth-order valence-corrected chi connectivity index (χ4v) is 0.897. The Bertz CT molecular complexity index is 114. The number of hydrogen-bond acceptors (Lipinski definition) is 1. The largest absolute Gasteiger partial charge is 0.354 e. The van der Waals surface area contributed by atoms with Crippen LogP contribution in [-0.2, 0) is 4.79 Å². The first kappa shape index (κ1) is 10.2. The fourth-order valence-electron chi connectivity index (χ4n) is 0.497. The van der Waals surface area contributed by atoms with Crippen molar-refractivity contribution in [3.8, 4) is 0 Å². The third-order valence-corrected chi connectivity index (χ3v) is 2.43. The quantitative estimate of drug-likeness (QED) is 0.602. The van der Waals surface area contributed by atoms with Gasteiger partial charge < -0.3 is 5.32 Å². The molecule has 2 nitrogen and oxygen atoms in total. The van der Waals surface area contributed by atoms with Crippen molar-refractivity contribution in [1.82, 2.24) is 5.32 Å². The monoisotopic (exact) mass is 255 g/mol. The van der Waals surface area contributed by atoms with Crippen molar-refractivity contribution in [1.29, 1.82) is 0 Å². The predicted molar refractivity (Wildman–Crippen MR) is 51.3 cm³/mol. The van der Waals surface area contributed by atoms with Gasteiger partial charge in [0.25, 0.3) is 0 Å². The Kier molecular flexibility index (Phi) is 5.03. The maximum absolute atomic E-state index is 11.1. The van der Waals surface area contributed by atoms with Crippen molar-refractivity contribution in [2.24, 2.45) is 5.92 Å². The van der Waals surface area contributed by atoms with Crippen molar-refractivity contribution in [3.63, 3.8) is 0 Å². The summed E-state index contributed by atoms with van der Waals surface area (Å²) in [5.74, 6) is 0.299. The second-order valence-electron chi connectivity index (χ2n) is 2.72. The number of nitrogens with one attached hydrogen (secondary N) is 1. The number of rotatable bonds is 3. The fraction of sp³-hybridized carbons (Fsp3) is 0.857. The van der Waals surface area contributed by atoms with Crippen molar-refractivity contribution in [3.05, 3.63) is 0 Å². The van der Waals surface area contributed by atoms with Crippen LogP contribution in [0.1, 0.15) is 20.8 Å². The highest BCUT2D eigenvalue weighted by Gasteiger charge is 2.10. The molecule has 0 bridgehead atoms. The Morgan fingerprint density at radius 2 is 2.00 bits per heavy atom. The van der Waals surface area contributed by atoms with Gasteiger partial charge in [0.1, 0.15) is 0 Å². The van der Waals surface area contributed by atoms with E-state index in [1.807, 2.05) is 20.8 Å². The van der Waals surface area contributed by atoms with Crippen molar-refractivity contribution >= 4 is 28.5 Å². The zero-order chi connectivity index (χ0) is 8.15. The molecule has 0 fully saturated rings. The molecule has 1 amide bonds. The molecule has 1 unspecified atom stereocenters. The molecule has 1 atom stereocenters. The van der Waals surface area contributed by atoms with E-state index >= 15 is 0 Å². The molecule has 0 saturated heterocycles. The molecule has 0 aliphatic rings. The molecule has 0 aromatic carbocycles. The van der Waals surface area contributed by atoms with Crippen molar-refractivity contribution < 1.29 is 4.79 Å². The minimum Gasteiger partial charge on any atom is -0.354 e. The molecule has 0 aromatic rings. The number of carbonyl (C=O) groups excluding carboxylic acids is 1. The number of alkyl halides is 1. The summed E-state index contributed by atoms with van der Waals surface area (Å²) < 4.78 is 0.885. The van der Waals surface area contributed by atoms with Gasteiger partial charge in [-0.3, -0.25) is 4.79 Å². The lowest BCUT2D eigenvalue weighted by atomic mass is 10.2. The maximum Gasteiger partial charge on any atom is 0.223 e. The van der Waals surface area contributed by atoms with E-state index < -0.39 is 0 Å². The first-order valence-electron chi connectivity index (χ1n) is 3.44. The van der Waals surface area contributed by atoms with Crippen LogP contribution in [0.5, 0.6) is 0 Å². The standard InChI is InChI=1S/C7H14INO/c1-5(2)9-7(10)6(3)4-8/h5-6H,4H2,1-3H3,(H,9,10). The SMILES string of the molecule is CC(C)NC(=O)C(C)CI. The number of carbonyl (C=O) groups is 1. The van der Waals surface area contributed by atoms with E-state index in [1.54, 1.807) is 0 Å². The van der Waals surface area contributed by atoms with Crippen LogP contribution in [0.25, 0.3) is 0 Å². The summed E-state index contributed by atoms with van der Waals surface area (Å²) in [4.78, 5) is 11.1. The summed E-state index contributed by atoms with van der Waals surface area (Å²) in [6, 6.07) is 0.262. The van der Waals surface area contributed by atoms with Gasteiger partial charge in [-0.05, 0) is 13.8 Å². The van der Waals surface area contributed by atoms with Crippen LogP contribution in [0.2, 0.25) is 0 Å². The predicted octanol–water partition coefficient (Wildman–Crippen LogP) is 1.58. The second-order valence-corrected chi connectivity index (χ2v) is 3.60. The normalized spacial score (nSPS) is 13.3. The molecule has 10 heavy (non-hydrogen) atoms. The zero-order valence-corrected chi connectivity index (χ0v) is 8.81. The smallest absolute Gasteiger partial charge is 0.223 e. The molecule has 0 rings (SSSR count). The molecule has 0 saturated carbocycles. The maximum atomic E-state index is 11.1. The summed E-state index contributed by atoms with van der Waals surface area (Å²) in [6.07, 6.45) is 0. The molecule has 0 heterocycles. The van der Waals surface area contributed by atoms with Gasteiger partial charge in [0, 0.05) is 16.4 Å². The van der Waals surface area contributed by atoms with Crippen LogP contribution in [-0.4, -0.2) is 16.4 Å². The Morgan fingerprint density at radius 3 is 2.30 bits per heavy atom. The topological polar surface area (TPSA) is 29.1 Å². The average molecular weight is 255 g/mol. The highest BCUT2D eigenvalue weighted by molar-refractivity contribution is 14.1. The minimum atomic E-state index is 0.142. The van der Waals surface area contributed by atoms with E-state index in [2.05, 4.69) is 27.9 Å². The number of amides is 1. The lowest BCUT2D eigenvalue weighted by Gasteiger charge is -2.11. The lowest BCUT2D eigenvalue weighted by molar-refractivity contribution is -0.124. The summed E-state index contributed by atoms with van der Waals surface area (Å²) in [7, 11) is 0. The van der Waals surface area contributed by atoms with Crippen LogP contribution < -0.4 is 5.32 Å². The molecule has 3 heteroatoms. The van der Waals surface area contributed by atoms with Crippen LogP contribution in [0.15, 0.2) is 0 Å². The Labute approximate surface area is 75.9 Å². The number of hydrogen-bond donors (Lipinski definition) is 1. The third kappa shape index (κ3) is 4.09. The molecule has 1 N–H and O–H groups in total. The van der Waals surface area contributed by atoms with E-state index in [1.165, 1.54) is 0 Å². The van der Waals surface area contributed by atoms with Crippen LogP contribution in [0.4, 0.5) is 0 Å². The van der Waals surface area contributed by atoms with Crippen LogP contribution >= 0.6 is 22.6 Å². The first-order valence-corrected chi connectivity index (χ1v) is 4.96. The van der Waals surface area contributed by atoms with E-state index in [0.717, 1.165) is 4.43 Å². The molecule has 60 valence electrons. The molecule has 0 aliphatic carbocycles. The van der Waals surface area contributed by atoms with E-state index in [0.29, 0.717) is 0 Å². The summed E-state index contributed by atoms with van der Waals surface area (Å²) in [5, 5.41) is 2.85. The van der Waals surface area contributed by atoms with Gasteiger partial charge >= 0.3 is 0 Å². The summed E-state index contributed by atoms with van der Waals surface area (Å²) in [5.41, 5.74) is 0. The summed E-state index contributed by atoms with van der Waals surface area (Å²) in [6.45, 7) is 5.87. The van der Waals surface area contributed by atoms with Crippen LogP contribution in [0.3, 0.4) is 0 Å². The summed E-state index contributed by atoms with van der Waals surface area (Å²) >= 11 is 2.21. The third-order valence-electron chi connectivity index (χ3n) is 1.11. The first-order chi connectivity index (χ1) is 4.57. The van der Waals surface area contributed by atoms with E-state index in [-0.39, 0.29) is 17.9 Å². The molecule has 0 aliphatic heterocycles. The minimum absolute atomic E-state index is 0.142. The van der Waals surface area contributed by atoms with E-state index in [4.69, 9.17) is 0 Å². The molecule has 0 radical (unpaired) electrons. The van der Waals surface area contributed by atoms with Crippen LogP contribution in [0, 0.1) is 5.92 Å². The Hall–Kier alpha value is 0.200. The Balaban J connectivity index is 3.62. The highest BCUT2D eigenvalue weighted by atomic mass is 127. The van der Waals surface area contributed by atoms with E-state index in [9.17, 15) is 4.79 Å². The van der Waals surface area contributed by atoms with Gasteiger partial charge in [0.05, 0.1) is 0 Å². The lowest BCUT2D eigenvalue weighted by Crippen LogP contribution is -2.34. The van der Waals surface area contributed by atoms with Gasteiger partial charge in [-0.25, -0.2) is 0 Å². The highest BCUT2D eigenvalue weighted by Crippen LogP contribution is 2.00. The van der Waals surface area contributed by atoms with Gasteiger partial charge in [-0.15, -0.1) is 0 Å². The molecular weight excluding hydrogens is 241 g/mol. The second kappa shape index (κ2) is 4.93.